The molecule has 0 radical (unpaired) electrons. The number of nitrogens with one attached hydrogen (secondary N) is 1. The first kappa shape index (κ1) is 23.2. The lowest BCUT2D eigenvalue weighted by Crippen LogP contribution is -2.48. The Morgan fingerprint density at radius 3 is 2.28 bits per heavy atom. The average Bonchev–Trinajstić information content (AvgIpc) is 2.53. The molecule has 2 heterocycles. The summed E-state index contributed by atoms with van der Waals surface area (Å²) in [5.41, 5.74) is -3.41. The third-order valence-corrected chi connectivity index (χ3v) is 4.25. The zero-order valence-corrected chi connectivity index (χ0v) is 16.2. The smallest absolute Gasteiger partial charge is 0.417 e. The van der Waals surface area contributed by atoms with E-state index in [-0.39, 0.29) is 31.4 Å². The highest BCUT2D eigenvalue weighted by Crippen LogP contribution is 2.34. The summed E-state index contributed by atoms with van der Waals surface area (Å²) in [5.74, 6) is -5.47. The van der Waals surface area contributed by atoms with Gasteiger partial charge in [-0.25, -0.2) is 9.18 Å². The molecule has 2 rings (SSSR count). The average molecular weight is 427 g/mol. The molecule has 29 heavy (non-hydrogen) atoms. The van der Waals surface area contributed by atoms with E-state index >= 15 is 0 Å². The SMILES string of the molecule is CC(C)(C)OC(=O)NC1CCN(CC(F)(F)c2ncc(C(F)(F)F)cc2F)CC1. The van der Waals surface area contributed by atoms with E-state index in [4.69, 9.17) is 4.74 Å². The fourth-order valence-electron chi connectivity index (χ4n) is 2.93. The second-order valence-electron chi connectivity index (χ2n) is 7.95. The third kappa shape index (κ3) is 6.76. The van der Waals surface area contributed by atoms with Crippen LogP contribution in [-0.4, -0.2) is 47.3 Å². The zero-order chi connectivity index (χ0) is 22.0. The number of hydrogen-bond acceptors (Lipinski definition) is 4. The highest BCUT2D eigenvalue weighted by atomic mass is 19.4. The Morgan fingerprint density at radius 1 is 1.21 bits per heavy atom. The van der Waals surface area contributed by atoms with Crippen molar-refractivity contribution in [2.45, 2.75) is 57.4 Å². The van der Waals surface area contributed by atoms with Crippen molar-refractivity contribution in [1.82, 2.24) is 15.2 Å². The van der Waals surface area contributed by atoms with Crippen LogP contribution in [0.1, 0.15) is 44.9 Å². The van der Waals surface area contributed by atoms with Gasteiger partial charge in [0, 0.05) is 25.3 Å². The number of ether oxygens (including phenoxy) is 1. The van der Waals surface area contributed by atoms with Gasteiger partial charge in [0.05, 0.1) is 12.1 Å². The van der Waals surface area contributed by atoms with Crippen LogP contribution in [0.5, 0.6) is 0 Å². The lowest BCUT2D eigenvalue weighted by molar-refractivity contribution is -0.138. The lowest BCUT2D eigenvalue weighted by atomic mass is 10.0. The van der Waals surface area contributed by atoms with Gasteiger partial charge in [-0.2, -0.15) is 22.0 Å². The number of carbonyl (C=O) groups is 1. The van der Waals surface area contributed by atoms with E-state index in [1.807, 2.05) is 0 Å². The van der Waals surface area contributed by atoms with E-state index in [2.05, 4.69) is 10.3 Å². The van der Waals surface area contributed by atoms with Crippen LogP contribution in [-0.2, 0) is 16.8 Å². The molecule has 1 aliphatic heterocycles. The molecular weight excluding hydrogens is 404 g/mol. The quantitative estimate of drug-likeness (QED) is 0.728. The maximum absolute atomic E-state index is 14.4. The van der Waals surface area contributed by atoms with Crippen molar-refractivity contribution in [3.8, 4) is 0 Å². The van der Waals surface area contributed by atoms with Gasteiger partial charge in [0.1, 0.15) is 11.3 Å². The molecule has 0 saturated carbocycles. The maximum atomic E-state index is 14.4. The minimum atomic E-state index is -4.87. The van der Waals surface area contributed by atoms with Gasteiger partial charge in [-0.1, -0.05) is 0 Å². The molecule has 0 unspecified atom stereocenters. The first-order chi connectivity index (χ1) is 13.2. The fraction of sp³-hybridized carbons (Fsp3) is 0.667. The first-order valence-electron chi connectivity index (χ1n) is 9.00. The topological polar surface area (TPSA) is 54.5 Å². The zero-order valence-electron chi connectivity index (χ0n) is 16.2. The Morgan fingerprint density at radius 2 is 1.79 bits per heavy atom. The van der Waals surface area contributed by atoms with E-state index in [0.717, 1.165) is 0 Å². The van der Waals surface area contributed by atoms with Crippen molar-refractivity contribution < 1.29 is 35.9 Å². The molecule has 1 fully saturated rings. The Labute approximate surface area is 164 Å². The summed E-state index contributed by atoms with van der Waals surface area (Å²) >= 11 is 0. The van der Waals surface area contributed by atoms with Crippen molar-refractivity contribution in [3.05, 3.63) is 29.3 Å². The summed E-state index contributed by atoms with van der Waals surface area (Å²) in [6.07, 6.45) is -4.53. The fourth-order valence-corrected chi connectivity index (χ4v) is 2.93. The van der Waals surface area contributed by atoms with Gasteiger partial charge in [-0.05, 0) is 39.7 Å². The summed E-state index contributed by atoms with van der Waals surface area (Å²) in [7, 11) is 0. The van der Waals surface area contributed by atoms with Crippen molar-refractivity contribution >= 4 is 6.09 Å². The number of hydrogen-bond donors (Lipinski definition) is 1. The molecule has 0 aliphatic carbocycles. The van der Waals surface area contributed by atoms with E-state index in [0.29, 0.717) is 12.8 Å². The van der Waals surface area contributed by atoms with Crippen LogP contribution in [0.4, 0.5) is 31.1 Å². The van der Waals surface area contributed by atoms with E-state index < -0.39 is 47.4 Å². The van der Waals surface area contributed by atoms with E-state index in [9.17, 15) is 31.1 Å². The molecule has 1 aliphatic rings. The van der Waals surface area contributed by atoms with Crippen LogP contribution in [0.3, 0.4) is 0 Å². The summed E-state index contributed by atoms with van der Waals surface area (Å²) in [5, 5.41) is 2.67. The number of alkyl carbamates (subject to hydrolysis) is 1. The van der Waals surface area contributed by atoms with Gasteiger partial charge in [-0.15, -0.1) is 0 Å². The normalized spacial score (nSPS) is 17.3. The highest BCUT2D eigenvalue weighted by Gasteiger charge is 2.41. The second kappa shape index (κ2) is 8.37. The molecule has 5 nitrogen and oxygen atoms in total. The molecule has 0 bridgehead atoms. The largest absolute Gasteiger partial charge is 0.444 e. The van der Waals surface area contributed by atoms with Gasteiger partial charge in [0.2, 0.25) is 0 Å². The standard InChI is InChI=1S/C18H23F6N3O2/c1-16(2,3)29-15(28)26-12-4-6-27(7-5-12)10-17(20,21)14-13(19)8-11(9-25-14)18(22,23)24/h8-9,12H,4-7,10H2,1-3H3,(H,26,28). The van der Waals surface area contributed by atoms with E-state index in [1.54, 1.807) is 20.8 Å². The van der Waals surface area contributed by atoms with Crippen molar-refractivity contribution in [2.24, 2.45) is 0 Å². The number of amides is 1. The molecule has 0 atom stereocenters. The molecule has 1 N–H and O–H groups in total. The van der Waals surface area contributed by atoms with Gasteiger partial charge in [0.15, 0.2) is 5.82 Å². The lowest BCUT2D eigenvalue weighted by Gasteiger charge is -2.34. The number of rotatable bonds is 4. The van der Waals surface area contributed by atoms with Gasteiger partial charge >= 0.3 is 18.2 Å². The Kier molecular flexibility index (Phi) is 6.71. The molecule has 0 spiro atoms. The van der Waals surface area contributed by atoms with Crippen molar-refractivity contribution in [3.63, 3.8) is 0 Å². The predicted molar refractivity (Wildman–Crippen MR) is 91.9 cm³/mol. The Hall–Kier alpha value is -2.04. The number of aromatic nitrogens is 1. The maximum Gasteiger partial charge on any atom is 0.417 e. The monoisotopic (exact) mass is 427 g/mol. The van der Waals surface area contributed by atoms with Crippen molar-refractivity contribution in [2.75, 3.05) is 19.6 Å². The second-order valence-corrected chi connectivity index (χ2v) is 7.95. The number of pyridine rings is 1. The van der Waals surface area contributed by atoms with Crippen LogP contribution in [0.2, 0.25) is 0 Å². The summed E-state index contributed by atoms with van der Waals surface area (Å²) in [6.45, 7) is 4.64. The predicted octanol–water partition coefficient (Wildman–Crippen LogP) is 4.32. The summed E-state index contributed by atoms with van der Waals surface area (Å²) < 4.78 is 85.4. The third-order valence-electron chi connectivity index (χ3n) is 4.25. The minimum absolute atomic E-state index is 0.0211. The van der Waals surface area contributed by atoms with Gasteiger partial charge < -0.3 is 10.1 Å². The molecule has 1 saturated heterocycles. The van der Waals surface area contributed by atoms with Crippen molar-refractivity contribution in [1.29, 1.82) is 0 Å². The number of halogens is 6. The number of nitrogens with zero attached hydrogens (tertiary/aromatic N) is 2. The summed E-state index contributed by atoms with van der Waals surface area (Å²) in [6, 6.07) is -0.233. The minimum Gasteiger partial charge on any atom is -0.444 e. The van der Waals surface area contributed by atoms with Gasteiger partial charge in [0.25, 0.3) is 0 Å². The molecule has 11 heteroatoms. The van der Waals surface area contributed by atoms with Crippen LogP contribution in [0, 0.1) is 5.82 Å². The van der Waals surface area contributed by atoms with Gasteiger partial charge in [-0.3, -0.25) is 9.88 Å². The Balaban J connectivity index is 1.93. The summed E-state index contributed by atoms with van der Waals surface area (Å²) in [4.78, 5) is 16.1. The van der Waals surface area contributed by atoms with Crippen LogP contribution in [0.25, 0.3) is 0 Å². The van der Waals surface area contributed by atoms with Crippen LogP contribution >= 0.6 is 0 Å². The highest BCUT2D eigenvalue weighted by molar-refractivity contribution is 5.68. The Bertz CT molecular complexity index is 725. The number of alkyl halides is 5. The number of piperidine rings is 1. The molecule has 1 aromatic rings. The molecule has 0 aromatic carbocycles. The molecular formula is C18H23F6N3O2. The molecule has 1 amide bonds. The number of likely N-dealkylation sites (tertiary alicyclic amines) is 1. The molecule has 164 valence electrons. The molecule has 1 aromatic heterocycles. The van der Waals surface area contributed by atoms with Crippen LogP contribution < -0.4 is 5.32 Å². The van der Waals surface area contributed by atoms with Crippen LogP contribution in [0.15, 0.2) is 12.3 Å². The number of carbonyl (C=O) groups excluding carboxylic acids is 1. The first-order valence-corrected chi connectivity index (χ1v) is 9.00. The van der Waals surface area contributed by atoms with E-state index in [1.165, 1.54) is 4.90 Å².